The molecule has 2 nitrogen and oxygen atoms in total. The van der Waals surface area contributed by atoms with E-state index in [1.54, 1.807) is 0 Å². The largest absolute Gasteiger partial charge is 0.299 e. The maximum absolute atomic E-state index is 15.4. The Morgan fingerprint density at radius 2 is 1.91 bits per heavy atom. The van der Waals surface area contributed by atoms with Gasteiger partial charge in [-0.2, -0.15) is 0 Å². The number of halogens is 1. The molecular weight excluding hydrogens is 291 g/mol. The van der Waals surface area contributed by atoms with E-state index >= 15 is 4.39 Å². The number of fused-ring (bicyclic) bond motifs is 5. The number of rotatable bonds is 0. The van der Waals surface area contributed by atoms with Crippen LogP contribution in [0.2, 0.25) is 0 Å². The van der Waals surface area contributed by atoms with E-state index < -0.39 is 11.6 Å². The van der Waals surface area contributed by atoms with Crippen molar-refractivity contribution in [2.75, 3.05) is 0 Å². The molecule has 23 heavy (non-hydrogen) atoms. The van der Waals surface area contributed by atoms with Gasteiger partial charge in [-0.15, -0.1) is 0 Å². The van der Waals surface area contributed by atoms with Crippen LogP contribution >= 0.6 is 0 Å². The van der Waals surface area contributed by atoms with E-state index in [-0.39, 0.29) is 28.8 Å². The Labute approximate surface area is 137 Å². The number of allylic oxidation sites excluding steroid dienone is 1. The predicted molar refractivity (Wildman–Crippen MR) is 86.5 cm³/mol. The lowest BCUT2D eigenvalue weighted by Gasteiger charge is -2.57. The van der Waals surface area contributed by atoms with Gasteiger partial charge in [0.1, 0.15) is 12.0 Å². The van der Waals surface area contributed by atoms with Crippen LogP contribution < -0.4 is 0 Å². The first-order chi connectivity index (χ1) is 10.8. The first-order valence-corrected chi connectivity index (χ1v) is 9.19. The number of ketones is 2. The van der Waals surface area contributed by atoms with Crippen molar-refractivity contribution >= 4 is 11.6 Å². The second-order valence-electron chi connectivity index (χ2n) is 9.03. The number of Topliss-reactive ketones (excluding diaryl/α,β-unsaturated/α-hetero) is 1. The van der Waals surface area contributed by atoms with E-state index in [1.807, 2.05) is 19.9 Å². The van der Waals surface area contributed by atoms with Crippen molar-refractivity contribution in [3.05, 3.63) is 11.6 Å². The van der Waals surface area contributed by atoms with E-state index in [2.05, 4.69) is 6.92 Å². The molecule has 0 aromatic rings. The van der Waals surface area contributed by atoms with E-state index in [4.69, 9.17) is 0 Å². The van der Waals surface area contributed by atoms with Crippen LogP contribution in [0.4, 0.5) is 4.39 Å². The third-order valence-electron chi connectivity index (χ3n) is 7.87. The maximum atomic E-state index is 15.4. The first kappa shape index (κ1) is 15.5. The standard InChI is InChI=1S/C20H27FO2/c1-11-8-15-14-5-4-12-9-13(22)6-7-19(12,2)17(14)16(21)10-20(15,3)18(11)23/h9,11,14-17H,4-8,10H2,1-3H3. The molecule has 0 amide bonds. The molecule has 0 saturated heterocycles. The van der Waals surface area contributed by atoms with Crippen LogP contribution in [0.25, 0.3) is 0 Å². The third kappa shape index (κ3) is 1.91. The Bertz CT molecular complexity index is 609. The molecule has 0 aromatic carbocycles. The quantitative estimate of drug-likeness (QED) is 0.668. The fraction of sp³-hybridized carbons (Fsp3) is 0.800. The summed E-state index contributed by atoms with van der Waals surface area (Å²) in [7, 11) is 0. The molecule has 0 bridgehead atoms. The van der Waals surface area contributed by atoms with Crippen molar-refractivity contribution in [2.24, 2.45) is 34.5 Å². The predicted octanol–water partition coefficient (Wildman–Crippen LogP) is 4.28. The van der Waals surface area contributed by atoms with Crippen molar-refractivity contribution in [2.45, 2.75) is 65.5 Å². The number of carbonyl (C=O) groups excluding carboxylic acids is 2. The minimum atomic E-state index is -0.919. The Kier molecular flexibility index (Phi) is 3.22. The maximum Gasteiger partial charge on any atom is 0.155 e. The lowest BCUT2D eigenvalue weighted by atomic mass is 9.47. The number of carbonyl (C=O) groups is 2. The van der Waals surface area contributed by atoms with Crippen molar-refractivity contribution in [1.82, 2.24) is 0 Å². The molecule has 0 aromatic heterocycles. The second-order valence-corrected chi connectivity index (χ2v) is 9.03. The summed E-state index contributed by atoms with van der Waals surface area (Å²) in [6.07, 6.45) is 5.39. The molecule has 4 aliphatic carbocycles. The molecule has 0 spiro atoms. The van der Waals surface area contributed by atoms with Gasteiger partial charge in [0.25, 0.3) is 0 Å². The van der Waals surface area contributed by atoms with Crippen LogP contribution in [-0.4, -0.2) is 17.7 Å². The number of hydrogen-bond acceptors (Lipinski definition) is 2. The highest BCUT2D eigenvalue weighted by Crippen LogP contribution is 2.65. The summed E-state index contributed by atoms with van der Waals surface area (Å²) in [6, 6.07) is 0. The minimum absolute atomic E-state index is 0.00762. The molecule has 7 unspecified atom stereocenters. The average molecular weight is 318 g/mol. The zero-order valence-corrected chi connectivity index (χ0v) is 14.4. The van der Waals surface area contributed by atoms with Gasteiger partial charge in [-0.1, -0.05) is 26.3 Å². The molecule has 4 aliphatic rings. The van der Waals surface area contributed by atoms with Gasteiger partial charge in [-0.05, 0) is 55.4 Å². The lowest BCUT2D eigenvalue weighted by molar-refractivity contribution is -0.140. The second kappa shape index (κ2) is 4.77. The van der Waals surface area contributed by atoms with E-state index in [9.17, 15) is 9.59 Å². The van der Waals surface area contributed by atoms with E-state index in [0.717, 1.165) is 25.7 Å². The summed E-state index contributed by atoms with van der Waals surface area (Å²) in [5, 5.41) is 0. The Balaban J connectivity index is 1.76. The molecule has 0 N–H and O–H groups in total. The first-order valence-electron chi connectivity index (χ1n) is 9.19. The van der Waals surface area contributed by atoms with Gasteiger partial charge in [-0.3, -0.25) is 9.59 Å². The fourth-order valence-corrected chi connectivity index (χ4v) is 6.73. The highest BCUT2D eigenvalue weighted by Gasteiger charge is 2.63. The molecule has 4 rings (SSSR count). The van der Waals surface area contributed by atoms with Gasteiger partial charge in [0.15, 0.2) is 5.78 Å². The highest BCUT2D eigenvalue weighted by molar-refractivity contribution is 5.92. The van der Waals surface area contributed by atoms with Crippen molar-refractivity contribution in [3.8, 4) is 0 Å². The summed E-state index contributed by atoms with van der Waals surface area (Å²) in [5.41, 5.74) is 0.549. The fourth-order valence-electron chi connectivity index (χ4n) is 6.73. The highest BCUT2D eigenvalue weighted by atomic mass is 19.1. The van der Waals surface area contributed by atoms with Crippen LogP contribution in [0.1, 0.15) is 59.3 Å². The van der Waals surface area contributed by atoms with Gasteiger partial charge in [0, 0.05) is 23.7 Å². The molecular formula is C20H27FO2. The summed E-state index contributed by atoms with van der Waals surface area (Å²) in [6.45, 7) is 6.21. The van der Waals surface area contributed by atoms with Crippen molar-refractivity contribution < 1.29 is 14.0 Å². The summed E-state index contributed by atoms with van der Waals surface area (Å²) in [4.78, 5) is 24.5. The van der Waals surface area contributed by atoms with Gasteiger partial charge in [0.05, 0.1) is 0 Å². The zero-order valence-electron chi connectivity index (χ0n) is 14.4. The van der Waals surface area contributed by atoms with Gasteiger partial charge < -0.3 is 0 Å². The smallest absolute Gasteiger partial charge is 0.155 e. The monoisotopic (exact) mass is 318 g/mol. The summed E-state index contributed by atoms with van der Waals surface area (Å²) < 4.78 is 15.4. The van der Waals surface area contributed by atoms with Gasteiger partial charge in [0.2, 0.25) is 0 Å². The molecule has 3 heteroatoms. The summed E-state index contributed by atoms with van der Waals surface area (Å²) >= 11 is 0. The SMILES string of the molecule is CC1CC2C3CCC4=CC(=O)CCC4(C)C3C(F)CC2(C)C1=O. The van der Waals surface area contributed by atoms with Crippen molar-refractivity contribution in [1.29, 1.82) is 0 Å². The Morgan fingerprint density at radius 1 is 1.17 bits per heavy atom. The molecule has 0 heterocycles. The average Bonchev–Trinajstić information content (AvgIpc) is 2.71. The molecule has 0 aliphatic heterocycles. The lowest BCUT2D eigenvalue weighted by Crippen LogP contribution is -2.55. The Hall–Kier alpha value is -0.990. The van der Waals surface area contributed by atoms with Gasteiger partial charge >= 0.3 is 0 Å². The van der Waals surface area contributed by atoms with Crippen LogP contribution in [0.3, 0.4) is 0 Å². The van der Waals surface area contributed by atoms with E-state index in [0.29, 0.717) is 24.7 Å². The van der Waals surface area contributed by atoms with E-state index in [1.165, 1.54) is 5.57 Å². The number of hydrogen-bond donors (Lipinski definition) is 0. The molecule has 7 atom stereocenters. The van der Waals surface area contributed by atoms with Crippen LogP contribution in [0.5, 0.6) is 0 Å². The van der Waals surface area contributed by atoms with Crippen LogP contribution in [-0.2, 0) is 9.59 Å². The Morgan fingerprint density at radius 3 is 2.65 bits per heavy atom. The third-order valence-corrected chi connectivity index (χ3v) is 7.87. The molecule has 3 saturated carbocycles. The normalized spacial score (nSPS) is 52.5. The van der Waals surface area contributed by atoms with Crippen LogP contribution in [0, 0.1) is 34.5 Å². The molecule has 3 fully saturated rings. The zero-order chi connectivity index (χ0) is 16.6. The summed E-state index contributed by atoms with van der Waals surface area (Å²) in [5.74, 6) is 1.19. The van der Waals surface area contributed by atoms with Crippen LogP contribution in [0.15, 0.2) is 11.6 Å². The van der Waals surface area contributed by atoms with Gasteiger partial charge in [-0.25, -0.2) is 4.39 Å². The van der Waals surface area contributed by atoms with Crippen molar-refractivity contribution in [3.63, 3.8) is 0 Å². The minimum Gasteiger partial charge on any atom is -0.299 e. The topological polar surface area (TPSA) is 34.1 Å². The molecule has 126 valence electrons. The molecule has 0 radical (unpaired) electrons. The number of alkyl halides is 1.